The van der Waals surface area contributed by atoms with Crippen molar-refractivity contribution in [1.29, 1.82) is 0 Å². The van der Waals surface area contributed by atoms with Gasteiger partial charge in [0.1, 0.15) is 11.6 Å². The lowest BCUT2D eigenvalue weighted by Gasteiger charge is -2.24. The molecule has 8 nitrogen and oxygen atoms in total. The Labute approximate surface area is 135 Å². The number of alkyl carbamates (subject to hydrolysis) is 1. The lowest BCUT2D eigenvalue weighted by atomic mass is 10.0. The second-order valence-corrected chi connectivity index (χ2v) is 6.87. The van der Waals surface area contributed by atoms with Gasteiger partial charge in [-0.15, -0.1) is 0 Å². The van der Waals surface area contributed by atoms with Crippen LogP contribution in [0.5, 0.6) is 0 Å². The highest BCUT2D eigenvalue weighted by atomic mass is 16.6. The van der Waals surface area contributed by atoms with Crippen LogP contribution in [-0.4, -0.2) is 41.6 Å². The zero-order valence-corrected chi connectivity index (χ0v) is 14.1. The summed E-state index contributed by atoms with van der Waals surface area (Å²) in [7, 11) is 0. The van der Waals surface area contributed by atoms with E-state index in [0.717, 1.165) is 0 Å². The summed E-state index contributed by atoms with van der Waals surface area (Å²) < 4.78 is 10.2. The largest absolute Gasteiger partial charge is 0.450 e. The molecule has 2 N–H and O–H groups in total. The van der Waals surface area contributed by atoms with E-state index in [1.165, 1.54) is 0 Å². The Morgan fingerprint density at radius 2 is 1.91 bits per heavy atom. The zero-order valence-electron chi connectivity index (χ0n) is 14.1. The molecule has 1 heterocycles. The monoisotopic (exact) mass is 328 g/mol. The first kappa shape index (κ1) is 18.9. The molecule has 1 saturated heterocycles. The third-order valence-electron chi connectivity index (χ3n) is 2.87. The second kappa shape index (κ2) is 7.43. The molecule has 23 heavy (non-hydrogen) atoms. The Balaban J connectivity index is 2.69. The maximum atomic E-state index is 12.2. The van der Waals surface area contributed by atoms with Crippen molar-refractivity contribution in [3.8, 4) is 0 Å². The van der Waals surface area contributed by atoms with Crippen LogP contribution in [0.1, 0.15) is 47.5 Å². The topological polar surface area (TPSA) is 111 Å². The third kappa shape index (κ3) is 6.66. The Bertz CT molecular complexity index is 495. The number of esters is 1. The fraction of sp³-hybridized carbons (Fsp3) is 0.733. The molecule has 0 saturated carbocycles. The van der Waals surface area contributed by atoms with Gasteiger partial charge < -0.3 is 14.8 Å². The van der Waals surface area contributed by atoms with E-state index in [2.05, 4.69) is 10.6 Å². The van der Waals surface area contributed by atoms with Crippen LogP contribution >= 0.6 is 0 Å². The van der Waals surface area contributed by atoms with Crippen LogP contribution in [0.3, 0.4) is 0 Å². The van der Waals surface area contributed by atoms with Gasteiger partial charge in [-0.05, 0) is 33.1 Å². The highest BCUT2D eigenvalue weighted by Crippen LogP contribution is 2.13. The van der Waals surface area contributed by atoms with Gasteiger partial charge in [0, 0.05) is 0 Å². The average molecular weight is 328 g/mol. The highest BCUT2D eigenvalue weighted by Gasteiger charge is 2.36. The van der Waals surface area contributed by atoms with Crippen molar-refractivity contribution >= 4 is 23.9 Å². The number of hydrogen-bond acceptors (Lipinski definition) is 6. The van der Waals surface area contributed by atoms with Gasteiger partial charge in [0.25, 0.3) is 5.91 Å². The van der Waals surface area contributed by atoms with Crippen LogP contribution in [0.25, 0.3) is 0 Å². The first-order valence-corrected chi connectivity index (χ1v) is 7.51. The predicted octanol–water partition coefficient (Wildman–Crippen LogP) is 0.884. The van der Waals surface area contributed by atoms with Gasteiger partial charge in [-0.2, -0.15) is 0 Å². The Hall–Kier alpha value is -2.12. The van der Waals surface area contributed by atoms with Crippen molar-refractivity contribution in [2.24, 2.45) is 5.92 Å². The molecule has 0 radical (unpaired) electrons. The van der Waals surface area contributed by atoms with Crippen LogP contribution in [0.4, 0.5) is 4.79 Å². The number of hydrogen-bond donors (Lipinski definition) is 2. The summed E-state index contributed by atoms with van der Waals surface area (Å²) in [6.07, 6.45) is -1.77. The van der Waals surface area contributed by atoms with Gasteiger partial charge in [-0.25, -0.2) is 9.59 Å². The van der Waals surface area contributed by atoms with Crippen LogP contribution in [-0.2, 0) is 23.9 Å². The number of nitrogens with one attached hydrogen (secondary N) is 2. The number of rotatable bonds is 5. The fourth-order valence-corrected chi connectivity index (χ4v) is 1.98. The minimum Gasteiger partial charge on any atom is -0.450 e. The van der Waals surface area contributed by atoms with Crippen molar-refractivity contribution in [2.75, 3.05) is 0 Å². The maximum Gasteiger partial charge on any atom is 0.408 e. The van der Waals surface area contributed by atoms with Gasteiger partial charge in [0.15, 0.2) is 6.10 Å². The summed E-state index contributed by atoms with van der Waals surface area (Å²) in [5.74, 6) is -1.81. The molecule has 0 aliphatic carbocycles. The van der Waals surface area contributed by atoms with Crippen LogP contribution in [0.2, 0.25) is 0 Å². The number of imide groups is 1. The number of carbonyl (C=O) groups is 4. The van der Waals surface area contributed by atoms with E-state index < -0.39 is 41.6 Å². The van der Waals surface area contributed by atoms with Gasteiger partial charge in [0.2, 0.25) is 5.91 Å². The van der Waals surface area contributed by atoms with E-state index in [0.29, 0.717) is 6.42 Å². The first-order valence-electron chi connectivity index (χ1n) is 7.51. The summed E-state index contributed by atoms with van der Waals surface area (Å²) in [5.41, 5.74) is -0.700. The molecule has 0 bridgehead atoms. The number of carbonyl (C=O) groups excluding carboxylic acids is 4. The Kier molecular flexibility index (Phi) is 6.12. The van der Waals surface area contributed by atoms with Crippen molar-refractivity contribution in [1.82, 2.24) is 10.6 Å². The molecular formula is C15H24N2O6. The molecule has 0 aromatic heterocycles. The Morgan fingerprint density at radius 1 is 1.30 bits per heavy atom. The van der Waals surface area contributed by atoms with Crippen molar-refractivity contribution in [2.45, 2.75) is 65.2 Å². The quantitative estimate of drug-likeness (QED) is 0.572. The molecular weight excluding hydrogens is 304 g/mol. The summed E-state index contributed by atoms with van der Waals surface area (Å²) in [6.45, 7) is 8.87. The molecule has 1 aliphatic heterocycles. The number of amides is 3. The van der Waals surface area contributed by atoms with E-state index in [1.54, 1.807) is 20.8 Å². The van der Waals surface area contributed by atoms with E-state index >= 15 is 0 Å². The van der Waals surface area contributed by atoms with Gasteiger partial charge in [0.05, 0.1) is 6.42 Å². The van der Waals surface area contributed by atoms with E-state index in [-0.39, 0.29) is 12.3 Å². The minimum absolute atomic E-state index is 0.0986. The van der Waals surface area contributed by atoms with Crippen LogP contribution in [0.15, 0.2) is 0 Å². The molecule has 2 unspecified atom stereocenters. The second-order valence-electron chi connectivity index (χ2n) is 6.87. The van der Waals surface area contributed by atoms with Crippen LogP contribution < -0.4 is 10.6 Å². The molecule has 3 amide bonds. The number of ether oxygens (including phenoxy) is 2. The average Bonchev–Trinajstić information content (AvgIpc) is 2.63. The fourth-order valence-electron chi connectivity index (χ4n) is 1.98. The standard InChI is InChI=1S/C15H24N2O6/c1-8(2)6-9(16-14(21)23-15(3,4)5)13(20)22-10-7-11(18)17-12(10)19/h8-10H,6-7H2,1-5H3,(H,16,21)(H,17,18,19). The van der Waals surface area contributed by atoms with E-state index in [4.69, 9.17) is 9.47 Å². The minimum atomic E-state index is -1.15. The van der Waals surface area contributed by atoms with E-state index in [9.17, 15) is 19.2 Å². The maximum absolute atomic E-state index is 12.2. The predicted molar refractivity (Wildman–Crippen MR) is 80.3 cm³/mol. The molecule has 1 aliphatic rings. The molecule has 1 fully saturated rings. The van der Waals surface area contributed by atoms with Crippen molar-refractivity contribution in [3.05, 3.63) is 0 Å². The lowest BCUT2D eigenvalue weighted by molar-refractivity contribution is -0.156. The molecule has 0 aromatic rings. The Morgan fingerprint density at radius 3 is 2.35 bits per heavy atom. The molecule has 130 valence electrons. The van der Waals surface area contributed by atoms with Gasteiger partial charge in [-0.3, -0.25) is 14.9 Å². The van der Waals surface area contributed by atoms with Gasteiger partial charge in [-0.1, -0.05) is 13.8 Å². The van der Waals surface area contributed by atoms with Crippen molar-refractivity contribution < 1.29 is 28.7 Å². The molecule has 0 spiro atoms. The molecule has 1 rings (SSSR count). The highest BCUT2D eigenvalue weighted by molar-refractivity contribution is 6.05. The summed E-state index contributed by atoms with van der Waals surface area (Å²) in [6, 6.07) is -0.951. The summed E-state index contributed by atoms with van der Waals surface area (Å²) in [5, 5.41) is 4.51. The molecule has 2 atom stereocenters. The zero-order chi connectivity index (χ0) is 17.8. The van der Waals surface area contributed by atoms with E-state index in [1.807, 2.05) is 13.8 Å². The van der Waals surface area contributed by atoms with Gasteiger partial charge >= 0.3 is 12.1 Å². The molecule has 0 aromatic carbocycles. The normalized spacial score (nSPS) is 19.3. The summed E-state index contributed by atoms with van der Waals surface area (Å²) in [4.78, 5) is 46.6. The smallest absolute Gasteiger partial charge is 0.408 e. The lowest BCUT2D eigenvalue weighted by Crippen LogP contribution is -2.46. The third-order valence-corrected chi connectivity index (χ3v) is 2.87. The SMILES string of the molecule is CC(C)CC(NC(=O)OC(C)(C)C)C(=O)OC1CC(=O)NC1=O. The summed E-state index contributed by atoms with van der Waals surface area (Å²) >= 11 is 0. The first-order chi connectivity index (χ1) is 10.5. The van der Waals surface area contributed by atoms with Crippen LogP contribution in [0, 0.1) is 5.92 Å². The van der Waals surface area contributed by atoms with Crippen molar-refractivity contribution in [3.63, 3.8) is 0 Å². The molecule has 8 heteroatoms.